The maximum Gasteiger partial charge on any atom is 0.234 e. The van der Waals surface area contributed by atoms with Gasteiger partial charge in [0.25, 0.3) is 0 Å². The number of rotatable bonds is 4. The van der Waals surface area contributed by atoms with E-state index in [4.69, 9.17) is 5.73 Å². The molecule has 0 radical (unpaired) electrons. The van der Waals surface area contributed by atoms with Gasteiger partial charge in [0.2, 0.25) is 5.91 Å². The molecule has 1 aliphatic heterocycles. The number of fused-ring (bicyclic) bond motifs is 1. The van der Waals surface area contributed by atoms with Crippen molar-refractivity contribution in [3.63, 3.8) is 0 Å². The summed E-state index contributed by atoms with van der Waals surface area (Å²) < 4.78 is 0. The molecule has 0 aromatic heterocycles. The van der Waals surface area contributed by atoms with Gasteiger partial charge in [-0.25, -0.2) is 0 Å². The number of primary amides is 1. The molecule has 2 aliphatic rings. The van der Waals surface area contributed by atoms with Crippen molar-refractivity contribution in [1.82, 2.24) is 4.90 Å². The van der Waals surface area contributed by atoms with E-state index in [0.29, 0.717) is 6.04 Å². The number of nitrogens with one attached hydrogen (secondary N) is 1. The van der Waals surface area contributed by atoms with Crippen molar-refractivity contribution < 1.29 is 4.79 Å². The van der Waals surface area contributed by atoms with E-state index in [0.717, 1.165) is 37.9 Å². The van der Waals surface area contributed by atoms with E-state index in [1.165, 1.54) is 17.5 Å². The molecule has 1 heterocycles. The van der Waals surface area contributed by atoms with E-state index in [9.17, 15) is 4.79 Å². The minimum Gasteiger partial charge on any atom is -0.382 e. The third-order valence-corrected chi connectivity index (χ3v) is 5.85. The Bertz CT molecular complexity index is 761. The minimum atomic E-state index is -0.207. The standard InChI is InChI=1S/C22H27N3O/c23-22(26)21-15-18(24-17-9-2-1-3-10-17)13-14-25(21)20-12-6-8-16-7-4-5-11-19(16)20/h1-5,7,9-11,18,20-21,24H,6,8,12-15H2,(H2,23,26)/t18?,20?,21-/m1/s1. The summed E-state index contributed by atoms with van der Waals surface area (Å²) in [7, 11) is 0. The SMILES string of the molecule is NC(=O)[C@H]1CC(Nc2ccccc2)CCN1C1CCCc2ccccc21. The van der Waals surface area contributed by atoms with Crippen LogP contribution in [0.4, 0.5) is 5.69 Å². The summed E-state index contributed by atoms with van der Waals surface area (Å²) >= 11 is 0. The maximum absolute atomic E-state index is 12.3. The van der Waals surface area contributed by atoms with Crippen molar-refractivity contribution in [1.29, 1.82) is 0 Å². The van der Waals surface area contributed by atoms with Crippen LogP contribution in [0, 0.1) is 0 Å². The van der Waals surface area contributed by atoms with Gasteiger partial charge < -0.3 is 11.1 Å². The molecule has 1 saturated heterocycles. The Hall–Kier alpha value is -2.33. The molecule has 1 amide bonds. The molecule has 26 heavy (non-hydrogen) atoms. The molecule has 0 saturated carbocycles. The molecule has 4 nitrogen and oxygen atoms in total. The van der Waals surface area contributed by atoms with E-state index in [2.05, 4.69) is 46.6 Å². The zero-order valence-electron chi connectivity index (χ0n) is 15.1. The number of anilines is 1. The fraction of sp³-hybridized carbons (Fsp3) is 0.409. The maximum atomic E-state index is 12.3. The molecule has 4 heteroatoms. The lowest BCUT2D eigenvalue weighted by Crippen LogP contribution is -2.54. The molecule has 3 N–H and O–H groups in total. The number of aryl methyl sites for hydroxylation is 1. The molecule has 3 atom stereocenters. The van der Waals surface area contributed by atoms with Crippen molar-refractivity contribution in [2.45, 2.75) is 50.2 Å². The largest absolute Gasteiger partial charge is 0.382 e. The van der Waals surface area contributed by atoms with E-state index in [1.807, 2.05) is 18.2 Å². The van der Waals surface area contributed by atoms with Gasteiger partial charge in [0.15, 0.2) is 0 Å². The third kappa shape index (κ3) is 3.47. The molecule has 4 rings (SSSR count). The first-order valence-corrected chi connectivity index (χ1v) is 9.67. The number of piperidine rings is 1. The van der Waals surface area contributed by atoms with E-state index in [1.54, 1.807) is 0 Å². The van der Waals surface area contributed by atoms with Gasteiger partial charge in [-0.2, -0.15) is 0 Å². The summed E-state index contributed by atoms with van der Waals surface area (Å²) in [5.41, 5.74) is 9.76. The van der Waals surface area contributed by atoms with Gasteiger partial charge in [0.05, 0.1) is 6.04 Å². The molecule has 0 bridgehead atoms. The summed E-state index contributed by atoms with van der Waals surface area (Å²) in [6.07, 6.45) is 5.22. The van der Waals surface area contributed by atoms with Gasteiger partial charge >= 0.3 is 0 Å². The Labute approximate surface area is 155 Å². The molecular formula is C22H27N3O. The highest BCUT2D eigenvalue weighted by Crippen LogP contribution is 2.38. The quantitative estimate of drug-likeness (QED) is 0.888. The van der Waals surface area contributed by atoms with Crippen molar-refractivity contribution in [3.05, 3.63) is 65.7 Å². The number of likely N-dealkylation sites (tertiary alicyclic amines) is 1. The van der Waals surface area contributed by atoms with Gasteiger partial charge in [0.1, 0.15) is 0 Å². The summed E-state index contributed by atoms with van der Waals surface area (Å²) in [4.78, 5) is 14.6. The molecule has 1 fully saturated rings. The number of amides is 1. The second-order valence-corrected chi connectivity index (χ2v) is 7.49. The van der Waals surface area contributed by atoms with Crippen molar-refractivity contribution in [2.75, 3.05) is 11.9 Å². The number of nitrogens with zero attached hydrogens (tertiary/aromatic N) is 1. The monoisotopic (exact) mass is 349 g/mol. The Morgan fingerprint density at radius 1 is 1.04 bits per heavy atom. The summed E-state index contributed by atoms with van der Waals surface area (Å²) in [5.74, 6) is -0.201. The van der Waals surface area contributed by atoms with Crippen LogP contribution in [-0.2, 0) is 11.2 Å². The molecular weight excluding hydrogens is 322 g/mol. The number of hydrogen-bond donors (Lipinski definition) is 2. The Morgan fingerprint density at radius 3 is 2.62 bits per heavy atom. The minimum absolute atomic E-state index is 0.201. The van der Waals surface area contributed by atoms with E-state index in [-0.39, 0.29) is 18.0 Å². The summed E-state index contributed by atoms with van der Waals surface area (Å²) in [6.45, 7) is 0.900. The van der Waals surface area contributed by atoms with Crippen LogP contribution in [0.1, 0.15) is 42.9 Å². The van der Waals surface area contributed by atoms with Crippen LogP contribution in [0.15, 0.2) is 54.6 Å². The van der Waals surface area contributed by atoms with Crippen molar-refractivity contribution >= 4 is 11.6 Å². The predicted octanol–water partition coefficient (Wildman–Crippen LogP) is 3.49. The van der Waals surface area contributed by atoms with Gasteiger partial charge in [-0.3, -0.25) is 9.69 Å². The molecule has 1 aliphatic carbocycles. The number of carbonyl (C=O) groups is 1. The predicted molar refractivity (Wildman–Crippen MR) is 105 cm³/mol. The topological polar surface area (TPSA) is 58.4 Å². The molecule has 2 unspecified atom stereocenters. The Kier molecular flexibility index (Phi) is 4.93. The second-order valence-electron chi connectivity index (χ2n) is 7.49. The van der Waals surface area contributed by atoms with Crippen LogP contribution in [-0.4, -0.2) is 29.4 Å². The van der Waals surface area contributed by atoms with Crippen molar-refractivity contribution in [2.24, 2.45) is 5.73 Å². The highest BCUT2D eigenvalue weighted by molar-refractivity contribution is 5.80. The molecule has 136 valence electrons. The first-order valence-electron chi connectivity index (χ1n) is 9.67. The number of benzene rings is 2. The smallest absolute Gasteiger partial charge is 0.234 e. The highest BCUT2D eigenvalue weighted by Gasteiger charge is 2.38. The normalized spacial score (nSPS) is 26.1. The van der Waals surface area contributed by atoms with Crippen LogP contribution in [0.25, 0.3) is 0 Å². The van der Waals surface area contributed by atoms with Gasteiger partial charge in [0, 0.05) is 24.3 Å². The lowest BCUT2D eigenvalue weighted by molar-refractivity contribution is -0.126. The lowest BCUT2D eigenvalue weighted by atomic mass is 9.84. The number of carbonyl (C=O) groups excluding carboxylic acids is 1. The highest BCUT2D eigenvalue weighted by atomic mass is 16.1. The van der Waals surface area contributed by atoms with Crippen LogP contribution < -0.4 is 11.1 Å². The first-order chi connectivity index (χ1) is 12.7. The lowest BCUT2D eigenvalue weighted by Gasteiger charge is -2.44. The second kappa shape index (κ2) is 7.50. The van der Waals surface area contributed by atoms with E-state index >= 15 is 0 Å². The zero-order chi connectivity index (χ0) is 17.9. The number of nitrogens with two attached hydrogens (primary N) is 1. The van der Waals surface area contributed by atoms with Crippen LogP contribution in [0.2, 0.25) is 0 Å². The fourth-order valence-electron chi connectivity index (χ4n) is 4.61. The Balaban J connectivity index is 1.52. The van der Waals surface area contributed by atoms with Crippen LogP contribution in [0.5, 0.6) is 0 Å². The van der Waals surface area contributed by atoms with Crippen LogP contribution in [0.3, 0.4) is 0 Å². The average molecular weight is 349 g/mol. The van der Waals surface area contributed by atoms with Gasteiger partial charge in [-0.15, -0.1) is 0 Å². The summed E-state index contributed by atoms with van der Waals surface area (Å²) in [5, 5.41) is 3.57. The number of para-hydroxylation sites is 1. The molecule has 2 aromatic carbocycles. The molecule has 0 spiro atoms. The fourth-order valence-corrected chi connectivity index (χ4v) is 4.61. The van der Waals surface area contributed by atoms with Crippen molar-refractivity contribution in [3.8, 4) is 0 Å². The average Bonchev–Trinajstić information content (AvgIpc) is 2.68. The third-order valence-electron chi connectivity index (χ3n) is 5.85. The van der Waals surface area contributed by atoms with E-state index < -0.39 is 0 Å². The zero-order valence-corrected chi connectivity index (χ0v) is 15.1. The van der Waals surface area contributed by atoms with Crippen LogP contribution >= 0.6 is 0 Å². The summed E-state index contributed by atoms with van der Waals surface area (Å²) in [6, 6.07) is 19.3. The number of hydrogen-bond acceptors (Lipinski definition) is 3. The Morgan fingerprint density at radius 2 is 1.81 bits per heavy atom. The van der Waals surface area contributed by atoms with Gasteiger partial charge in [-0.05, 0) is 55.4 Å². The molecule has 2 aromatic rings. The van der Waals surface area contributed by atoms with Gasteiger partial charge in [-0.1, -0.05) is 42.5 Å². The first kappa shape index (κ1) is 17.1.